The van der Waals surface area contributed by atoms with Gasteiger partial charge in [-0.05, 0) is 51.3 Å². The van der Waals surface area contributed by atoms with Gasteiger partial charge in [0.2, 0.25) is 0 Å². The second kappa shape index (κ2) is 10.2. The lowest BCUT2D eigenvalue weighted by molar-refractivity contribution is 0.0518. The maximum Gasteiger partial charge on any atom is 0.407 e. The summed E-state index contributed by atoms with van der Waals surface area (Å²) in [6.07, 6.45) is 2.63. The fraction of sp³-hybridized carbons (Fsp3) is 0.632. The number of amides is 1. The highest BCUT2D eigenvalue weighted by atomic mass is 16.6. The molecular formula is C19H31NO4. The monoisotopic (exact) mass is 337 g/mol. The van der Waals surface area contributed by atoms with E-state index >= 15 is 0 Å². The number of alkyl carbamates (subject to hydrolysis) is 1. The minimum atomic E-state index is -0.654. The molecule has 0 aliphatic rings. The highest BCUT2D eigenvalue weighted by Gasteiger charge is 2.16. The number of hydrogen-bond acceptors (Lipinski definition) is 4. The molecule has 1 atom stereocenters. The van der Waals surface area contributed by atoms with E-state index in [1.807, 2.05) is 45.0 Å². The number of carbonyl (C=O) groups is 1. The number of ether oxygens (including phenoxy) is 2. The molecule has 1 unspecified atom stereocenters. The fourth-order valence-electron chi connectivity index (χ4n) is 2.15. The zero-order valence-corrected chi connectivity index (χ0v) is 15.3. The van der Waals surface area contributed by atoms with Crippen molar-refractivity contribution in [3.8, 4) is 5.75 Å². The van der Waals surface area contributed by atoms with E-state index in [9.17, 15) is 9.90 Å². The summed E-state index contributed by atoms with van der Waals surface area (Å²) in [6.45, 7) is 8.63. The molecule has 136 valence electrons. The van der Waals surface area contributed by atoms with Crippen LogP contribution in [0.2, 0.25) is 0 Å². The zero-order valence-electron chi connectivity index (χ0n) is 15.3. The Morgan fingerprint density at radius 2 is 2.04 bits per heavy atom. The van der Waals surface area contributed by atoms with E-state index in [0.717, 1.165) is 30.6 Å². The van der Waals surface area contributed by atoms with E-state index in [1.165, 1.54) is 0 Å². The van der Waals surface area contributed by atoms with E-state index in [-0.39, 0.29) is 0 Å². The van der Waals surface area contributed by atoms with Gasteiger partial charge in [-0.3, -0.25) is 0 Å². The predicted molar refractivity (Wildman–Crippen MR) is 95.3 cm³/mol. The van der Waals surface area contributed by atoms with Crippen LogP contribution < -0.4 is 10.1 Å². The Morgan fingerprint density at radius 3 is 2.71 bits per heavy atom. The molecule has 5 nitrogen and oxygen atoms in total. The van der Waals surface area contributed by atoms with Crippen molar-refractivity contribution in [2.24, 2.45) is 0 Å². The summed E-state index contributed by atoms with van der Waals surface area (Å²) in [4.78, 5) is 11.6. The molecule has 0 spiro atoms. The van der Waals surface area contributed by atoms with Crippen LogP contribution in [0.3, 0.4) is 0 Å². The molecule has 24 heavy (non-hydrogen) atoms. The lowest BCUT2D eigenvalue weighted by Crippen LogP contribution is -2.33. The summed E-state index contributed by atoms with van der Waals surface area (Å²) in [5, 5.41) is 12.9. The summed E-state index contributed by atoms with van der Waals surface area (Å²) in [5.74, 6) is 0.766. The normalized spacial score (nSPS) is 12.5. The second-order valence-electron chi connectivity index (χ2n) is 6.86. The van der Waals surface area contributed by atoms with Gasteiger partial charge in [0.05, 0.1) is 12.7 Å². The summed E-state index contributed by atoms with van der Waals surface area (Å²) < 4.78 is 10.9. The molecule has 0 fully saturated rings. The van der Waals surface area contributed by atoms with Gasteiger partial charge >= 0.3 is 6.09 Å². The molecule has 0 saturated heterocycles. The van der Waals surface area contributed by atoms with Gasteiger partial charge in [0.1, 0.15) is 11.4 Å². The Hall–Kier alpha value is -1.75. The van der Waals surface area contributed by atoms with Crippen LogP contribution in [0.25, 0.3) is 0 Å². The third kappa shape index (κ3) is 8.77. The van der Waals surface area contributed by atoms with Gasteiger partial charge in [-0.25, -0.2) is 4.79 Å². The van der Waals surface area contributed by atoms with Gasteiger partial charge in [0.25, 0.3) is 0 Å². The minimum absolute atomic E-state index is 0.345. The molecule has 1 aromatic carbocycles. The Balaban J connectivity index is 2.39. The van der Waals surface area contributed by atoms with Crippen LogP contribution in [0.5, 0.6) is 5.75 Å². The van der Waals surface area contributed by atoms with E-state index in [2.05, 4.69) is 12.2 Å². The van der Waals surface area contributed by atoms with Crippen molar-refractivity contribution in [2.75, 3.05) is 13.2 Å². The lowest BCUT2D eigenvalue weighted by Gasteiger charge is -2.20. The molecule has 1 amide bonds. The lowest BCUT2D eigenvalue weighted by atomic mass is 10.1. The first-order valence-electron chi connectivity index (χ1n) is 8.69. The molecule has 0 bridgehead atoms. The number of unbranched alkanes of at least 4 members (excludes halogenated alkanes) is 2. The van der Waals surface area contributed by atoms with Crippen molar-refractivity contribution in [1.29, 1.82) is 0 Å². The van der Waals surface area contributed by atoms with Crippen molar-refractivity contribution in [3.63, 3.8) is 0 Å². The highest BCUT2D eigenvalue weighted by Crippen LogP contribution is 2.21. The Labute approximate surface area is 145 Å². The first-order valence-corrected chi connectivity index (χ1v) is 8.69. The molecule has 2 N–H and O–H groups in total. The zero-order chi connectivity index (χ0) is 18.0. The topological polar surface area (TPSA) is 67.8 Å². The van der Waals surface area contributed by atoms with E-state index in [0.29, 0.717) is 19.6 Å². The SMILES string of the molecule is CCCCCOc1cccc(C(O)CCNC(=O)OC(C)(C)C)c1. The van der Waals surface area contributed by atoms with Crippen LogP contribution in [-0.4, -0.2) is 30.0 Å². The highest BCUT2D eigenvalue weighted by molar-refractivity contribution is 5.67. The number of nitrogens with one attached hydrogen (secondary N) is 1. The first kappa shape index (κ1) is 20.3. The van der Waals surface area contributed by atoms with Gasteiger partial charge < -0.3 is 19.9 Å². The molecule has 0 aliphatic heterocycles. The van der Waals surface area contributed by atoms with Crippen LogP contribution in [0.15, 0.2) is 24.3 Å². The van der Waals surface area contributed by atoms with Crippen molar-refractivity contribution < 1.29 is 19.4 Å². The Kier molecular flexibility index (Phi) is 8.61. The van der Waals surface area contributed by atoms with E-state index < -0.39 is 17.8 Å². The van der Waals surface area contributed by atoms with Crippen LogP contribution in [0.1, 0.15) is 65.0 Å². The quantitative estimate of drug-likeness (QED) is 0.663. The molecule has 1 rings (SSSR count). The van der Waals surface area contributed by atoms with E-state index in [4.69, 9.17) is 9.47 Å². The summed E-state index contributed by atoms with van der Waals surface area (Å²) in [7, 11) is 0. The molecule has 0 radical (unpaired) electrons. The Morgan fingerprint density at radius 1 is 1.29 bits per heavy atom. The van der Waals surface area contributed by atoms with Crippen molar-refractivity contribution >= 4 is 6.09 Å². The maximum absolute atomic E-state index is 11.6. The first-order chi connectivity index (χ1) is 11.3. The largest absolute Gasteiger partial charge is 0.494 e. The standard InChI is InChI=1S/C19H31NO4/c1-5-6-7-13-23-16-10-8-9-15(14-16)17(21)11-12-20-18(22)24-19(2,3)4/h8-10,14,17,21H,5-7,11-13H2,1-4H3,(H,20,22). The Bertz CT molecular complexity index is 496. The number of aliphatic hydroxyl groups is 1. The van der Waals surface area contributed by atoms with E-state index in [1.54, 1.807) is 0 Å². The molecule has 0 saturated carbocycles. The number of aliphatic hydroxyl groups excluding tert-OH is 1. The van der Waals surface area contributed by atoms with Crippen LogP contribution in [0.4, 0.5) is 4.79 Å². The van der Waals surface area contributed by atoms with Crippen LogP contribution >= 0.6 is 0 Å². The average Bonchev–Trinajstić information content (AvgIpc) is 2.50. The van der Waals surface area contributed by atoms with Gasteiger partial charge in [-0.1, -0.05) is 31.9 Å². The van der Waals surface area contributed by atoms with Gasteiger partial charge in [-0.15, -0.1) is 0 Å². The average molecular weight is 337 g/mol. The van der Waals surface area contributed by atoms with Gasteiger partial charge in [-0.2, -0.15) is 0 Å². The molecule has 0 heterocycles. The number of rotatable bonds is 9. The summed E-state index contributed by atoms with van der Waals surface area (Å²) >= 11 is 0. The second-order valence-corrected chi connectivity index (χ2v) is 6.86. The maximum atomic E-state index is 11.6. The third-order valence-electron chi connectivity index (χ3n) is 3.35. The number of benzene rings is 1. The molecule has 5 heteroatoms. The van der Waals surface area contributed by atoms with Crippen LogP contribution in [-0.2, 0) is 4.74 Å². The molecule has 1 aromatic rings. The minimum Gasteiger partial charge on any atom is -0.494 e. The van der Waals surface area contributed by atoms with Gasteiger partial charge in [0.15, 0.2) is 0 Å². The number of carbonyl (C=O) groups excluding carboxylic acids is 1. The summed E-state index contributed by atoms with van der Waals surface area (Å²) in [5.41, 5.74) is 0.264. The van der Waals surface area contributed by atoms with Crippen molar-refractivity contribution in [2.45, 2.75) is 65.1 Å². The predicted octanol–water partition coefficient (Wildman–Crippen LogP) is 4.20. The smallest absolute Gasteiger partial charge is 0.407 e. The number of hydrogen-bond donors (Lipinski definition) is 2. The molecule has 0 aromatic heterocycles. The third-order valence-corrected chi connectivity index (χ3v) is 3.35. The van der Waals surface area contributed by atoms with Crippen molar-refractivity contribution in [1.82, 2.24) is 5.32 Å². The van der Waals surface area contributed by atoms with Gasteiger partial charge in [0, 0.05) is 6.54 Å². The molecule has 0 aliphatic carbocycles. The van der Waals surface area contributed by atoms with Crippen molar-refractivity contribution in [3.05, 3.63) is 29.8 Å². The summed E-state index contributed by atoms with van der Waals surface area (Å²) in [6, 6.07) is 7.47. The fourth-order valence-corrected chi connectivity index (χ4v) is 2.15. The molecular weight excluding hydrogens is 306 g/mol. The van der Waals surface area contributed by atoms with Crippen LogP contribution in [0, 0.1) is 0 Å².